The van der Waals surface area contributed by atoms with Gasteiger partial charge in [0.1, 0.15) is 18.3 Å². The molecule has 0 radical (unpaired) electrons. The van der Waals surface area contributed by atoms with Gasteiger partial charge in [-0.3, -0.25) is 13.9 Å². The summed E-state index contributed by atoms with van der Waals surface area (Å²) in [7, 11) is -4.19. The van der Waals surface area contributed by atoms with Crippen molar-refractivity contribution in [1.29, 1.82) is 0 Å². The van der Waals surface area contributed by atoms with Gasteiger partial charge < -0.3 is 15.0 Å². The van der Waals surface area contributed by atoms with Crippen LogP contribution in [0, 0.1) is 6.92 Å². The van der Waals surface area contributed by atoms with Crippen molar-refractivity contribution in [3.8, 4) is 5.75 Å². The van der Waals surface area contributed by atoms with Crippen LogP contribution in [-0.4, -0.2) is 57.1 Å². The Morgan fingerprint density at radius 1 is 0.870 bits per heavy atom. The number of hydrogen-bond acceptors (Lipinski definition) is 6. The number of likely N-dealkylation sites (N-methyl/N-ethyl adjacent to an activating group) is 1. The van der Waals surface area contributed by atoms with Gasteiger partial charge >= 0.3 is 0 Å². The SMILES string of the molecule is CCNC(=O)C(Cc1ccccc1)N(Cc1ccccc1C)C(=O)CN(c1ccc(OCC)cc1)S(=O)(=O)c1ccc(SC)cc1. The fraction of sp³-hybridized carbons (Fsp3) is 0.278. The van der Waals surface area contributed by atoms with Crippen molar-refractivity contribution in [2.75, 3.05) is 30.3 Å². The zero-order chi connectivity index (χ0) is 33.1. The summed E-state index contributed by atoms with van der Waals surface area (Å²) in [5.41, 5.74) is 3.01. The summed E-state index contributed by atoms with van der Waals surface area (Å²) in [5, 5.41) is 2.89. The zero-order valence-electron chi connectivity index (χ0n) is 26.7. The normalized spacial score (nSPS) is 11.8. The Morgan fingerprint density at radius 3 is 2.13 bits per heavy atom. The van der Waals surface area contributed by atoms with Gasteiger partial charge in [-0.2, -0.15) is 0 Å². The highest BCUT2D eigenvalue weighted by Crippen LogP contribution is 2.28. The number of aryl methyl sites for hydroxylation is 1. The Kier molecular flexibility index (Phi) is 12.3. The van der Waals surface area contributed by atoms with Crippen LogP contribution in [0.15, 0.2) is 113 Å². The Balaban J connectivity index is 1.80. The molecule has 0 aliphatic heterocycles. The second-order valence-corrected chi connectivity index (χ2v) is 13.4. The molecule has 10 heteroatoms. The van der Waals surface area contributed by atoms with Gasteiger partial charge in [-0.1, -0.05) is 54.6 Å². The summed E-state index contributed by atoms with van der Waals surface area (Å²) >= 11 is 1.51. The number of sulfonamides is 1. The number of nitrogens with zero attached hydrogens (tertiary/aromatic N) is 2. The average Bonchev–Trinajstić information content (AvgIpc) is 3.07. The zero-order valence-corrected chi connectivity index (χ0v) is 28.3. The molecule has 0 fully saturated rings. The van der Waals surface area contributed by atoms with Gasteiger partial charge in [0.2, 0.25) is 11.8 Å². The lowest BCUT2D eigenvalue weighted by atomic mass is 10.0. The lowest BCUT2D eigenvalue weighted by Crippen LogP contribution is -2.53. The standard InChI is InChI=1S/C36H41N3O5S2/c1-5-37-36(41)34(24-28-13-8-7-9-14-28)38(25-29-15-11-10-12-27(29)3)35(40)26-39(30-16-18-31(19-17-30)44-6-2)46(42,43)33-22-20-32(45-4)21-23-33/h7-23,34H,5-6,24-26H2,1-4H3,(H,37,41). The highest BCUT2D eigenvalue weighted by molar-refractivity contribution is 7.98. The molecule has 1 N–H and O–H groups in total. The summed E-state index contributed by atoms with van der Waals surface area (Å²) in [6.45, 7) is 6.09. The highest BCUT2D eigenvalue weighted by atomic mass is 32.2. The molecular weight excluding hydrogens is 619 g/mol. The number of carbonyl (C=O) groups excluding carboxylic acids is 2. The molecule has 0 aromatic heterocycles. The molecule has 2 amide bonds. The first-order valence-electron chi connectivity index (χ1n) is 15.2. The maximum Gasteiger partial charge on any atom is 0.264 e. The van der Waals surface area contributed by atoms with E-state index >= 15 is 0 Å². The van der Waals surface area contributed by atoms with Crippen molar-refractivity contribution in [2.24, 2.45) is 0 Å². The van der Waals surface area contributed by atoms with Gasteiger partial charge in [-0.25, -0.2) is 8.42 Å². The van der Waals surface area contributed by atoms with Crippen LogP contribution in [0.3, 0.4) is 0 Å². The Labute approximate surface area is 276 Å². The number of rotatable bonds is 15. The molecule has 8 nitrogen and oxygen atoms in total. The molecule has 4 rings (SSSR count). The van der Waals surface area contributed by atoms with Crippen LogP contribution in [0.1, 0.15) is 30.5 Å². The molecule has 4 aromatic rings. The Morgan fingerprint density at radius 2 is 1.52 bits per heavy atom. The van der Waals surface area contributed by atoms with E-state index in [1.807, 2.05) is 81.6 Å². The Bertz CT molecular complexity index is 1700. The number of amides is 2. The van der Waals surface area contributed by atoms with Crippen LogP contribution in [0.4, 0.5) is 5.69 Å². The van der Waals surface area contributed by atoms with E-state index in [4.69, 9.17) is 4.74 Å². The number of thioether (sulfide) groups is 1. The van der Waals surface area contributed by atoms with E-state index in [1.165, 1.54) is 16.7 Å². The van der Waals surface area contributed by atoms with E-state index in [1.54, 1.807) is 48.5 Å². The second kappa shape index (κ2) is 16.3. The molecule has 46 heavy (non-hydrogen) atoms. The molecule has 0 spiro atoms. The van der Waals surface area contributed by atoms with Crippen LogP contribution >= 0.6 is 11.8 Å². The van der Waals surface area contributed by atoms with Crippen molar-refractivity contribution >= 4 is 39.3 Å². The minimum absolute atomic E-state index is 0.0574. The molecule has 0 aliphatic rings. The fourth-order valence-corrected chi connectivity index (χ4v) is 6.92. The number of hydrogen-bond donors (Lipinski definition) is 1. The summed E-state index contributed by atoms with van der Waals surface area (Å²) in [6, 6.07) is 29.5. The quantitative estimate of drug-likeness (QED) is 0.155. The van der Waals surface area contributed by atoms with Gasteiger partial charge in [0.05, 0.1) is 17.2 Å². The number of anilines is 1. The van der Waals surface area contributed by atoms with Crippen LogP contribution in [0.2, 0.25) is 0 Å². The molecule has 4 aromatic carbocycles. The topological polar surface area (TPSA) is 96.0 Å². The summed E-state index contributed by atoms with van der Waals surface area (Å²) < 4.78 is 35.2. The molecule has 0 bridgehead atoms. The van der Waals surface area contributed by atoms with E-state index in [9.17, 15) is 18.0 Å². The number of nitrogens with one attached hydrogen (secondary N) is 1. The third kappa shape index (κ3) is 8.70. The number of ether oxygens (including phenoxy) is 1. The molecule has 1 unspecified atom stereocenters. The van der Waals surface area contributed by atoms with Crippen molar-refractivity contribution in [1.82, 2.24) is 10.2 Å². The lowest BCUT2D eigenvalue weighted by Gasteiger charge is -2.34. The van der Waals surface area contributed by atoms with Crippen LogP contribution in [-0.2, 0) is 32.6 Å². The van der Waals surface area contributed by atoms with Crippen molar-refractivity contribution in [3.05, 3.63) is 120 Å². The van der Waals surface area contributed by atoms with Crippen LogP contribution in [0.5, 0.6) is 5.75 Å². The molecule has 0 saturated heterocycles. The van der Waals surface area contributed by atoms with E-state index in [0.717, 1.165) is 25.9 Å². The third-order valence-electron chi connectivity index (χ3n) is 7.59. The predicted octanol–water partition coefficient (Wildman–Crippen LogP) is 6.09. The first-order valence-corrected chi connectivity index (χ1v) is 17.9. The second-order valence-electron chi connectivity index (χ2n) is 10.7. The first-order chi connectivity index (χ1) is 22.2. The van der Waals surface area contributed by atoms with Gasteiger partial charge in [0.15, 0.2) is 0 Å². The molecule has 0 aliphatic carbocycles. The Hall–Kier alpha value is -4.28. The minimum atomic E-state index is -4.19. The van der Waals surface area contributed by atoms with E-state index < -0.39 is 28.5 Å². The predicted molar refractivity (Wildman–Crippen MR) is 185 cm³/mol. The van der Waals surface area contributed by atoms with Crippen molar-refractivity contribution in [2.45, 2.75) is 49.6 Å². The molecular formula is C36H41N3O5S2. The van der Waals surface area contributed by atoms with Crippen LogP contribution < -0.4 is 14.4 Å². The summed E-state index contributed by atoms with van der Waals surface area (Å²) in [6.07, 6.45) is 2.17. The largest absolute Gasteiger partial charge is 0.494 e. The van der Waals surface area contributed by atoms with Crippen molar-refractivity contribution in [3.63, 3.8) is 0 Å². The molecule has 242 valence electrons. The highest BCUT2D eigenvalue weighted by Gasteiger charge is 2.34. The average molecular weight is 660 g/mol. The minimum Gasteiger partial charge on any atom is -0.494 e. The lowest BCUT2D eigenvalue weighted by molar-refractivity contribution is -0.140. The summed E-state index contributed by atoms with van der Waals surface area (Å²) in [5.74, 6) is -0.232. The van der Waals surface area contributed by atoms with Gasteiger partial charge in [0.25, 0.3) is 10.0 Å². The summed E-state index contributed by atoms with van der Waals surface area (Å²) in [4.78, 5) is 30.7. The first kappa shape index (κ1) is 34.6. The van der Waals surface area contributed by atoms with Gasteiger partial charge in [0, 0.05) is 24.4 Å². The van der Waals surface area contributed by atoms with E-state index in [2.05, 4.69) is 5.32 Å². The van der Waals surface area contributed by atoms with E-state index in [-0.39, 0.29) is 23.8 Å². The van der Waals surface area contributed by atoms with Gasteiger partial charge in [-0.15, -0.1) is 11.8 Å². The third-order valence-corrected chi connectivity index (χ3v) is 10.1. The maximum atomic E-state index is 14.5. The molecule has 0 saturated carbocycles. The smallest absolute Gasteiger partial charge is 0.264 e. The monoisotopic (exact) mass is 659 g/mol. The van der Waals surface area contributed by atoms with E-state index in [0.29, 0.717) is 24.6 Å². The van der Waals surface area contributed by atoms with Crippen molar-refractivity contribution < 1.29 is 22.7 Å². The van der Waals surface area contributed by atoms with Crippen LogP contribution in [0.25, 0.3) is 0 Å². The fourth-order valence-electron chi connectivity index (χ4n) is 5.10. The maximum absolute atomic E-state index is 14.5. The molecule has 1 atom stereocenters. The number of carbonyl (C=O) groups is 2. The van der Waals surface area contributed by atoms with Gasteiger partial charge in [-0.05, 0) is 92.2 Å². The molecule has 0 heterocycles. The number of benzene rings is 4.